The first-order valence-corrected chi connectivity index (χ1v) is 18.5. The van der Waals surface area contributed by atoms with Crippen molar-refractivity contribution >= 4 is 69.1 Å². The van der Waals surface area contributed by atoms with E-state index in [1.54, 1.807) is 30.3 Å². The van der Waals surface area contributed by atoms with E-state index in [1.165, 1.54) is 33.1 Å². The minimum absolute atomic E-state index is 0.0681. The third kappa shape index (κ3) is 6.31. The summed E-state index contributed by atoms with van der Waals surface area (Å²) in [5.74, 6) is -9.88. The topological polar surface area (TPSA) is 283 Å². The van der Waals surface area contributed by atoms with Crippen LogP contribution < -0.4 is 24.3 Å². The number of para-hydroxylation sites is 1. The van der Waals surface area contributed by atoms with Crippen molar-refractivity contribution in [2.75, 3.05) is 61.0 Å². The fourth-order valence-electron chi connectivity index (χ4n) is 9.38. The van der Waals surface area contributed by atoms with Gasteiger partial charge in [-0.3, -0.25) is 59.6 Å². The van der Waals surface area contributed by atoms with Gasteiger partial charge in [0.2, 0.25) is 23.6 Å². The lowest BCUT2D eigenvalue weighted by Crippen LogP contribution is -2.43. The van der Waals surface area contributed by atoms with Gasteiger partial charge < -0.3 is 19.6 Å². The molecule has 0 aromatic heterocycles. The van der Waals surface area contributed by atoms with Gasteiger partial charge in [-0.1, -0.05) is 29.8 Å². The number of aliphatic hydroxyl groups excluding tert-OH is 1. The number of aliphatic hydroxyl groups is 1. The molecule has 0 radical (unpaired) electrons. The minimum atomic E-state index is -1.25. The normalized spacial score (nSPS) is 23.1. The summed E-state index contributed by atoms with van der Waals surface area (Å²) in [5, 5.41) is 58.5. The summed E-state index contributed by atoms with van der Waals surface area (Å²) in [4.78, 5) is 107. The minimum Gasteiger partial charge on any atom is -0.491 e. The van der Waals surface area contributed by atoms with Gasteiger partial charge in [0.05, 0.1) is 61.3 Å². The van der Waals surface area contributed by atoms with Crippen LogP contribution in [-0.2, 0) is 19.2 Å². The van der Waals surface area contributed by atoms with Crippen molar-refractivity contribution in [3.63, 3.8) is 0 Å². The molecule has 6 unspecified atom stereocenters. The van der Waals surface area contributed by atoms with Crippen LogP contribution in [-0.4, -0.2) is 89.8 Å². The molecule has 4 amide bonds. The van der Waals surface area contributed by atoms with E-state index in [9.17, 15) is 64.7 Å². The molecule has 2 heterocycles. The van der Waals surface area contributed by atoms with Crippen molar-refractivity contribution in [2.24, 2.45) is 29.6 Å². The Morgan fingerprint density at radius 2 is 1.12 bits per heavy atom. The molecule has 22 nitrogen and oxygen atoms in total. The van der Waals surface area contributed by atoms with Gasteiger partial charge in [0.25, 0.3) is 0 Å². The number of hydrogen-bond acceptors (Lipinski definition) is 16. The first kappa shape index (κ1) is 40.8. The molecule has 3 fully saturated rings. The van der Waals surface area contributed by atoms with Gasteiger partial charge in [-0.15, -0.1) is 0 Å². The van der Waals surface area contributed by atoms with Crippen molar-refractivity contribution in [1.82, 2.24) is 0 Å². The average molecular weight is 829 g/mol. The van der Waals surface area contributed by atoms with Crippen LogP contribution in [0.3, 0.4) is 0 Å². The van der Waals surface area contributed by atoms with Crippen LogP contribution in [0.15, 0.2) is 60.2 Å². The lowest BCUT2D eigenvalue weighted by Gasteiger charge is -2.44. The summed E-state index contributed by atoms with van der Waals surface area (Å²) in [7, 11) is 5.44. The van der Waals surface area contributed by atoms with E-state index in [1.807, 2.05) is 0 Å². The number of ether oxygens (including phenoxy) is 1. The Labute approximate surface area is 338 Å². The van der Waals surface area contributed by atoms with Gasteiger partial charge in [-0.05, 0) is 24.8 Å². The molecule has 2 saturated heterocycles. The highest BCUT2D eigenvalue weighted by Gasteiger charge is 2.63. The summed E-state index contributed by atoms with van der Waals surface area (Å²) in [6.45, 7) is -0.549. The first-order valence-electron chi connectivity index (χ1n) is 18.5. The Morgan fingerprint density at radius 1 is 0.667 bits per heavy atom. The van der Waals surface area contributed by atoms with E-state index in [0.29, 0.717) is 20.9 Å². The second-order valence-corrected chi connectivity index (χ2v) is 15.1. The number of carbonyl (C=O) groups excluding carboxylic acids is 4. The molecule has 6 atom stereocenters. The van der Waals surface area contributed by atoms with Crippen molar-refractivity contribution in [1.29, 1.82) is 0 Å². The van der Waals surface area contributed by atoms with E-state index in [-0.39, 0.29) is 43.2 Å². The Bertz CT molecular complexity index is 2400. The number of amides is 4. The molecule has 312 valence electrons. The molecular weight excluding hydrogens is 792 g/mol. The molecule has 3 aromatic rings. The standard InChI is InChI=1S/C38H36N8O14/c1-39(2)33-25(43(52)53)13-18(14-26(33)44(54)55)41-35(48)22-10-9-20-23(31(22)37(41)50)17-24-32(30(20)21-7-5-6-8-29(21)60-12-11-47)38(51)42(36(24)49)19-15-27(45(56)57)34(40(3)4)28(16-19)46(58)59/h5-9,13-16,22-24,30-32,47H,10-12,17H2,1-4H3. The van der Waals surface area contributed by atoms with Crippen LogP contribution in [0.5, 0.6) is 5.75 Å². The zero-order valence-electron chi connectivity index (χ0n) is 32.3. The average Bonchev–Trinajstić information content (AvgIpc) is 3.61. The summed E-state index contributed by atoms with van der Waals surface area (Å²) in [6.07, 6.45) is 1.41. The van der Waals surface area contributed by atoms with Crippen LogP contribution in [0.25, 0.3) is 0 Å². The Hall–Kier alpha value is -7.36. The quantitative estimate of drug-likeness (QED) is 0.117. The fourth-order valence-corrected chi connectivity index (χ4v) is 9.38. The lowest BCUT2D eigenvalue weighted by atomic mass is 9.57. The van der Waals surface area contributed by atoms with Gasteiger partial charge in [-0.2, -0.15) is 0 Å². The monoisotopic (exact) mass is 828 g/mol. The number of rotatable bonds is 12. The Morgan fingerprint density at radius 3 is 1.57 bits per heavy atom. The van der Waals surface area contributed by atoms with E-state index in [0.717, 1.165) is 29.2 Å². The van der Waals surface area contributed by atoms with Crippen molar-refractivity contribution in [3.8, 4) is 5.75 Å². The van der Waals surface area contributed by atoms with Crippen LogP contribution in [0.1, 0.15) is 24.3 Å². The maximum absolute atomic E-state index is 14.7. The number of fused-ring (bicyclic) bond motifs is 4. The summed E-state index contributed by atoms with van der Waals surface area (Å²) in [5.41, 5.74) is -3.66. The number of hydrogen-bond donors (Lipinski definition) is 1. The summed E-state index contributed by atoms with van der Waals surface area (Å²) >= 11 is 0. The van der Waals surface area contributed by atoms with Gasteiger partial charge in [0.1, 0.15) is 12.4 Å². The molecular formula is C38H36N8O14. The maximum Gasteiger partial charge on any atom is 0.301 e. The van der Waals surface area contributed by atoms with Gasteiger partial charge in [0, 0.05) is 63.9 Å². The third-order valence-corrected chi connectivity index (χ3v) is 11.6. The smallest absolute Gasteiger partial charge is 0.301 e. The number of anilines is 4. The number of nitro benzene ring substituents is 4. The molecule has 2 aliphatic carbocycles. The first-order chi connectivity index (χ1) is 28.4. The lowest BCUT2D eigenvalue weighted by molar-refractivity contribution is -0.392. The van der Waals surface area contributed by atoms with Crippen LogP contribution in [0.2, 0.25) is 0 Å². The molecule has 7 rings (SSSR count). The van der Waals surface area contributed by atoms with E-state index in [2.05, 4.69) is 0 Å². The van der Waals surface area contributed by atoms with E-state index in [4.69, 9.17) is 4.74 Å². The van der Waals surface area contributed by atoms with Crippen LogP contribution in [0, 0.1) is 70.0 Å². The van der Waals surface area contributed by atoms with Gasteiger partial charge in [-0.25, -0.2) is 9.80 Å². The molecule has 2 aliphatic heterocycles. The Kier molecular flexibility index (Phi) is 10.3. The zero-order valence-corrected chi connectivity index (χ0v) is 32.3. The largest absolute Gasteiger partial charge is 0.491 e. The predicted molar refractivity (Wildman–Crippen MR) is 210 cm³/mol. The van der Waals surface area contributed by atoms with Crippen LogP contribution >= 0.6 is 0 Å². The molecule has 1 N–H and O–H groups in total. The van der Waals surface area contributed by atoms with E-state index >= 15 is 0 Å². The fraction of sp³-hybridized carbons (Fsp3) is 0.368. The van der Waals surface area contributed by atoms with Crippen LogP contribution in [0.4, 0.5) is 45.5 Å². The van der Waals surface area contributed by atoms with Crippen molar-refractivity contribution < 1.29 is 48.7 Å². The SMILES string of the molecule is CN(C)c1c([N+](=O)[O-])cc(N2C(=O)C3CC=C4C(CC5C(=O)N(c6cc([N+](=O)[O-])c(N(C)C)c([N+](=O)[O-])c6)C(=O)C5C4c4ccccc4OCCO)C3C2=O)cc1[N+](=O)[O-]. The number of imide groups is 2. The molecule has 0 bridgehead atoms. The molecule has 3 aromatic carbocycles. The van der Waals surface area contributed by atoms with Crippen molar-refractivity contribution in [2.45, 2.75) is 18.8 Å². The second-order valence-electron chi connectivity index (χ2n) is 15.1. The number of benzene rings is 3. The number of allylic oxidation sites excluding steroid dienone is 2. The third-order valence-electron chi connectivity index (χ3n) is 11.6. The molecule has 22 heteroatoms. The van der Waals surface area contributed by atoms with Gasteiger partial charge in [0.15, 0.2) is 11.4 Å². The second kappa shape index (κ2) is 15.1. The molecule has 1 saturated carbocycles. The summed E-state index contributed by atoms with van der Waals surface area (Å²) in [6, 6.07) is 10.1. The van der Waals surface area contributed by atoms with Gasteiger partial charge >= 0.3 is 22.7 Å². The number of nitro groups is 4. The predicted octanol–water partition coefficient (Wildman–Crippen LogP) is 3.87. The van der Waals surface area contributed by atoms with Crippen molar-refractivity contribution in [3.05, 3.63) is 106 Å². The summed E-state index contributed by atoms with van der Waals surface area (Å²) < 4.78 is 5.86. The molecule has 0 spiro atoms. The van der Waals surface area contributed by atoms with E-state index < -0.39 is 113 Å². The number of nitrogens with zero attached hydrogens (tertiary/aromatic N) is 8. The highest BCUT2D eigenvalue weighted by Crippen LogP contribution is 2.60. The highest BCUT2D eigenvalue weighted by atomic mass is 16.6. The molecule has 4 aliphatic rings. The zero-order chi connectivity index (χ0) is 43.6. The highest BCUT2D eigenvalue weighted by molar-refractivity contribution is 6.24. The molecule has 60 heavy (non-hydrogen) atoms. The maximum atomic E-state index is 14.7. The number of carbonyl (C=O) groups is 4. The Balaban J connectivity index is 1.38.